The Hall–Kier alpha value is -1.55. The molecule has 0 bridgehead atoms. The molecule has 19 heavy (non-hydrogen) atoms. The minimum absolute atomic E-state index is 0.0867. The maximum Gasteiger partial charge on any atom is 0.224 e. The van der Waals surface area contributed by atoms with Gasteiger partial charge < -0.3 is 14.8 Å². The Morgan fingerprint density at radius 1 is 1.53 bits per heavy atom. The second-order valence-electron chi connectivity index (χ2n) is 5.30. The zero-order valence-electron chi connectivity index (χ0n) is 11.1. The Labute approximate surface area is 113 Å². The van der Waals surface area contributed by atoms with E-state index in [1.165, 1.54) is 0 Å². The van der Waals surface area contributed by atoms with E-state index < -0.39 is 0 Å². The van der Waals surface area contributed by atoms with Gasteiger partial charge in [-0.15, -0.1) is 0 Å². The SMILES string of the molecule is COc1cccc(CC(=O)N[C@H]2C[C@@H]3OCC[C@H]23)c1. The molecule has 2 aliphatic rings. The van der Waals surface area contributed by atoms with Gasteiger partial charge in [0.05, 0.1) is 19.6 Å². The van der Waals surface area contributed by atoms with Crippen LogP contribution in [-0.2, 0) is 16.0 Å². The van der Waals surface area contributed by atoms with E-state index in [1.54, 1.807) is 7.11 Å². The van der Waals surface area contributed by atoms with Gasteiger partial charge in [-0.1, -0.05) is 12.1 Å². The number of amides is 1. The average Bonchev–Trinajstić information content (AvgIpc) is 2.77. The molecule has 102 valence electrons. The average molecular weight is 261 g/mol. The second-order valence-corrected chi connectivity index (χ2v) is 5.30. The lowest BCUT2D eigenvalue weighted by Crippen LogP contribution is -2.53. The maximum absolute atomic E-state index is 12.0. The number of nitrogens with one attached hydrogen (secondary N) is 1. The fraction of sp³-hybridized carbons (Fsp3) is 0.533. The van der Waals surface area contributed by atoms with Gasteiger partial charge in [0.2, 0.25) is 5.91 Å². The molecule has 1 heterocycles. The minimum Gasteiger partial charge on any atom is -0.497 e. The van der Waals surface area contributed by atoms with Crippen molar-refractivity contribution < 1.29 is 14.3 Å². The van der Waals surface area contributed by atoms with Crippen LogP contribution in [-0.4, -0.2) is 31.8 Å². The van der Waals surface area contributed by atoms with Gasteiger partial charge in [0.1, 0.15) is 5.75 Å². The first-order valence-electron chi connectivity index (χ1n) is 6.80. The Morgan fingerprint density at radius 3 is 3.21 bits per heavy atom. The van der Waals surface area contributed by atoms with Crippen molar-refractivity contribution in [3.05, 3.63) is 29.8 Å². The summed E-state index contributed by atoms with van der Waals surface area (Å²) in [6.45, 7) is 0.845. The standard InChI is InChI=1S/C15H19NO3/c1-18-11-4-2-3-10(7-11)8-15(17)16-13-9-14-12(13)5-6-19-14/h2-4,7,12-14H,5-6,8-9H2,1H3,(H,16,17)/t12-,13+,14+/m1/s1. The van der Waals surface area contributed by atoms with Crippen LogP contribution in [0.3, 0.4) is 0 Å². The number of rotatable bonds is 4. The Bertz CT molecular complexity index is 474. The third kappa shape index (κ3) is 2.59. The van der Waals surface area contributed by atoms with E-state index in [2.05, 4.69) is 5.32 Å². The lowest BCUT2D eigenvalue weighted by molar-refractivity contribution is -0.123. The van der Waals surface area contributed by atoms with Crippen molar-refractivity contribution in [3.8, 4) is 5.75 Å². The number of ether oxygens (including phenoxy) is 2. The van der Waals surface area contributed by atoms with Crippen LogP contribution < -0.4 is 10.1 Å². The summed E-state index contributed by atoms with van der Waals surface area (Å²) in [6, 6.07) is 7.96. The van der Waals surface area contributed by atoms with E-state index in [-0.39, 0.29) is 5.91 Å². The van der Waals surface area contributed by atoms with Gasteiger partial charge in [0.25, 0.3) is 0 Å². The number of hydrogen-bond acceptors (Lipinski definition) is 3. The van der Waals surface area contributed by atoms with Crippen molar-refractivity contribution >= 4 is 5.91 Å². The molecule has 4 heteroatoms. The van der Waals surface area contributed by atoms with Gasteiger partial charge in [0, 0.05) is 18.6 Å². The summed E-state index contributed by atoms with van der Waals surface area (Å²) in [5.74, 6) is 1.41. The predicted molar refractivity (Wildman–Crippen MR) is 71.1 cm³/mol. The summed E-state index contributed by atoms with van der Waals surface area (Å²) in [5, 5.41) is 3.11. The first-order chi connectivity index (χ1) is 9.26. The van der Waals surface area contributed by atoms with Crippen LogP contribution >= 0.6 is 0 Å². The summed E-state index contributed by atoms with van der Waals surface area (Å²) in [7, 11) is 1.63. The summed E-state index contributed by atoms with van der Waals surface area (Å²) >= 11 is 0. The highest BCUT2D eigenvalue weighted by molar-refractivity contribution is 5.79. The van der Waals surface area contributed by atoms with Crippen molar-refractivity contribution in [2.45, 2.75) is 31.4 Å². The highest BCUT2D eigenvalue weighted by Gasteiger charge is 2.45. The summed E-state index contributed by atoms with van der Waals surface area (Å²) in [5.41, 5.74) is 0.982. The molecule has 2 fully saturated rings. The lowest BCUT2D eigenvalue weighted by atomic mass is 9.76. The van der Waals surface area contributed by atoms with E-state index in [9.17, 15) is 4.79 Å². The topological polar surface area (TPSA) is 47.6 Å². The molecule has 0 aromatic heterocycles. The molecule has 3 atom stereocenters. The van der Waals surface area contributed by atoms with Crippen LogP contribution in [0.4, 0.5) is 0 Å². The molecule has 1 aromatic rings. The normalized spacial score (nSPS) is 28.4. The molecule has 1 aliphatic heterocycles. The molecule has 0 unspecified atom stereocenters. The Balaban J connectivity index is 1.53. The largest absolute Gasteiger partial charge is 0.497 e. The Kier molecular flexibility index (Phi) is 3.42. The number of methoxy groups -OCH3 is 1. The molecule has 0 spiro atoms. The number of benzene rings is 1. The van der Waals surface area contributed by atoms with Crippen molar-refractivity contribution in [1.29, 1.82) is 0 Å². The fourth-order valence-electron chi connectivity index (χ4n) is 2.99. The van der Waals surface area contributed by atoms with Crippen molar-refractivity contribution in [2.75, 3.05) is 13.7 Å². The van der Waals surface area contributed by atoms with Gasteiger partial charge in [-0.05, 0) is 30.5 Å². The zero-order valence-corrected chi connectivity index (χ0v) is 11.1. The second kappa shape index (κ2) is 5.21. The van der Waals surface area contributed by atoms with Crippen LogP contribution in [0.25, 0.3) is 0 Å². The molecule has 1 N–H and O–H groups in total. The molecule has 1 amide bonds. The van der Waals surface area contributed by atoms with Crippen LogP contribution in [0.15, 0.2) is 24.3 Å². The maximum atomic E-state index is 12.0. The Morgan fingerprint density at radius 2 is 2.42 bits per heavy atom. The van der Waals surface area contributed by atoms with Crippen LogP contribution in [0.2, 0.25) is 0 Å². The highest BCUT2D eigenvalue weighted by Crippen LogP contribution is 2.38. The monoisotopic (exact) mass is 261 g/mol. The number of carbonyl (C=O) groups excluding carboxylic acids is 1. The summed E-state index contributed by atoms with van der Waals surface area (Å²) < 4.78 is 10.7. The van der Waals surface area contributed by atoms with Gasteiger partial charge in [0.15, 0.2) is 0 Å². The zero-order chi connectivity index (χ0) is 13.2. The third-order valence-corrected chi connectivity index (χ3v) is 4.11. The molecule has 1 aromatic carbocycles. The third-order valence-electron chi connectivity index (χ3n) is 4.11. The molecule has 1 saturated carbocycles. The number of hydrogen-bond donors (Lipinski definition) is 1. The first kappa shape index (κ1) is 12.5. The number of fused-ring (bicyclic) bond motifs is 1. The van der Waals surface area contributed by atoms with Gasteiger partial charge in [-0.2, -0.15) is 0 Å². The van der Waals surface area contributed by atoms with E-state index in [1.807, 2.05) is 24.3 Å². The van der Waals surface area contributed by atoms with Gasteiger partial charge in [-0.3, -0.25) is 4.79 Å². The van der Waals surface area contributed by atoms with E-state index in [0.29, 0.717) is 24.5 Å². The summed E-state index contributed by atoms with van der Waals surface area (Å²) in [4.78, 5) is 12.0. The molecule has 3 rings (SSSR count). The first-order valence-corrected chi connectivity index (χ1v) is 6.80. The molecule has 1 saturated heterocycles. The van der Waals surface area contributed by atoms with Crippen LogP contribution in [0.5, 0.6) is 5.75 Å². The highest BCUT2D eigenvalue weighted by atomic mass is 16.5. The molecule has 1 aliphatic carbocycles. The lowest BCUT2D eigenvalue weighted by Gasteiger charge is -2.39. The number of carbonyl (C=O) groups is 1. The van der Waals surface area contributed by atoms with Crippen molar-refractivity contribution in [3.63, 3.8) is 0 Å². The fourth-order valence-corrected chi connectivity index (χ4v) is 2.99. The van der Waals surface area contributed by atoms with E-state index >= 15 is 0 Å². The molecule has 0 radical (unpaired) electrons. The predicted octanol–water partition coefficient (Wildman–Crippen LogP) is 1.53. The molecular weight excluding hydrogens is 242 g/mol. The van der Waals surface area contributed by atoms with Gasteiger partial charge >= 0.3 is 0 Å². The van der Waals surface area contributed by atoms with Crippen molar-refractivity contribution in [2.24, 2.45) is 5.92 Å². The molecular formula is C15H19NO3. The quantitative estimate of drug-likeness (QED) is 0.894. The molecule has 4 nitrogen and oxygen atoms in total. The summed E-state index contributed by atoms with van der Waals surface area (Å²) in [6.07, 6.45) is 2.84. The van der Waals surface area contributed by atoms with E-state index in [0.717, 1.165) is 30.8 Å². The van der Waals surface area contributed by atoms with E-state index in [4.69, 9.17) is 9.47 Å². The smallest absolute Gasteiger partial charge is 0.224 e. The van der Waals surface area contributed by atoms with Crippen LogP contribution in [0.1, 0.15) is 18.4 Å². The van der Waals surface area contributed by atoms with Gasteiger partial charge in [-0.25, -0.2) is 0 Å². The minimum atomic E-state index is 0.0867. The van der Waals surface area contributed by atoms with Crippen LogP contribution in [0, 0.1) is 5.92 Å². The van der Waals surface area contributed by atoms with Crippen molar-refractivity contribution in [1.82, 2.24) is 5.32 Å².